The van der Waals surface area contributed by atoms with Gasteiger partial charge in [-0.05, 0) is 17.7 Å². The van der Waals surface area contributed by atoms with E-state index in [1.807, 2.05) is 0 Å². The zero-order valence-electron chi connectivity index (χ0n) is 9.68. The van der Waals surface area contributed by atoms with Crippen molar-refractivity contribution in [3.8, 4) is 0 Å². The summed E-state index contributed by atoms with van der Waals surface area (Å²) < 4.78 is 51.3. The van der Waals surface area contributed by atoms with Gasteiger partial charge in [0.1, 0.15) is 5.82 Å². The molecule has 2 nitrogen and oxygen atoms in total. The second-order valence-electron chi connectivity index (χ2n) is 4.37. The smallest absolute Gasteiger partial charge is 0.337 e. The van der Waals surface area contributed by atoms with E-state index in [0.717, 1.165) is 12.1 Å². The molecule has 0 bridgehead atoms. The summed E-state index contributed by atoms with van der Waals surface area (Å²) in [5, 5.41) is 0. The lowest BCUT2D eigenvalue weighted by molar-refractivity contribution is -0.139. The molecule has 7 heteroatoms. The van der Waals surface area contributed by atoms with Crippen LogP contribution in [0.5, 0.6) is 0 Å². The Morgan fingerprint density at radius 3 is 2.58 bits per heavy atom. The number of halogens is 5. The number of hydrogen-bond donors (Lipinski definition) is 0. The van der Waals surface area contributed by atoms with Crippen molar-refractivity contribution in [2.75, 3.05) is 6.54 Å². The van der Waals surface area contributed by atoms with Crippen molar-refractivity contribution in [3.63, 3.8) is 0 Å². The van der Waals surface area contributed by atoms with E-state index < -0.39 is 17.6 Å². The third kappa shape index (κ3) is 3.26. The van der Waals surface area contributed by atoms with Gasteiger partial charge in [-0.3, -0.25) is 4.79 Å². The minimum Gasteiger partial charge on any atom is -0.337 e. The molecule has 0 radical (unpaired) electrons. The largest absolute Gasteiger partial charge is 0.416 e. The number of benzene rings is 1. The highest BCUT2D eigenvalue weighted by molar-refractivity contribution is 9.09. The lowest BCUT2D eigenvalue weighted by Crippen LogP contribution is -2.26. The third-order valence-corrected chi connectivity index (χ3v) is 3.52. The molecule has 0 aromatic heterocycles. The minimum atomic E-state index is -4.63. The van der Waals surface area contributed by atoms with Crippen molar-refractivity contribution >= 4 is 21.8 Å². The number of likely N-dealkylation sites (tertiary alicyclic amines) is 1. The lowest BCUT2D eigenvalue weighted by Gasteiger charge is -2.19. The fourth-order valence-corrected chi connectivity index (χ4v) is 2.66. The van der Waals surface area contributed by atoms with Gasteiger partial charge in [-0.1, -0.05) is 22.0 Å². The first-order valence-corrected chi connectivity index (χ1v) is 6.46. The molecule has 1 aliphatic rings. The average molecular weight is 340 g/mol. The number of nitrogens with zero attached hydrogens (tertiary/aromatic N) is 1. The maximum atomic E-state index is 12.9. The van der Waals surface area contributed by atoms with Crippen LogP contribution >= 0.6 is 15.9 Å². The van der Waals surface area contributed by atoms with E-state index in [9.17, 15) is 22.4 Å². The average Bonchev–Trinajstić information content (AvgIpc) is 2.58. The molecule has 1 aromatic carbocycles. The number of alkyl halides is 4. The SMILES string of the molecule is O=C1CC(Br)CN1Cc1ccc(F)cc1C(F)(F)F. The first-order chi connectivity index (χ1) is 8.77. The Bertz CT molecular complexity index is 503. The Balaban J connectivity index is 2.28. The standard InChI is InChI=1S/C12H10BrF4NO/c13-8-3-11(19)18(6-8)5-7-1-2-9(14)4-10(7)12(15,16)17/h1-2,4,8H,3,5-6H2. The van der Waals surface area contributed by atoms with Gasteiger partial charge in [-0.2, -0.15) is 13.2 Å². The van der Waals surface area contributed by atoms with Crippen LogP contribution in [0.1, 0.15) is 17.5 Å². The van der Waals surface area contributed by atoms with E-state index >= 15 is 0 Å². The molecule has 2 rings (SSSR count). The van der Waals surface area contributed by atoms with Gasteiger partial charge in [0.25, 0.3) is 0 Å². The highest BCUT2D eigenvalue weighted by atomic mass is 79.9. The summed E-state index contributed by atoms with van der Waals surface area (Å²) in [6, 6.07) is 2.51. The summed E-state index contributed by atoms with van der Waals surface area (Å²) in [4.78, 5) is 12.8. The van der Waals surface area contributed by atoms with Gasteiger partial charge < -0.3 is 4.90 Å². The Morgan fingerprint density at radius 1 is 1.37 bits per heavy atom. The van der Waals surface area contributed by atoms with Crippen molar-refractivity contribution in [2.24, 2.45) is 0 Å². The number of rotatable bonds is 2. The predicted octanol–water partition coefficient (Wildman–Crippen LogP) is 3.34. The fraction of sp³-hybridized carbons (Fsp3) is 0.417. The molecular formula is C12H10BrF4NO. The summed E-state index contributed by atoms with van der Waals surface area (Å²) in [6.07, 6.45) is -4.36. The molecule has 1 atom stereocenters. The molecule has 0 aliphatic carbocycles. The van der Waals surface area contributed by atoms with E-state index in [-0.39, 0.29) is 29.3 Å². The molecule has 0 spiro atoms. The van der Waals surface area contributed by atoms with Crippen LogP contribution in [-0.4, -0.2) is 22.2 Å². The van der Waals surface area contributed by atoms with Crippen LogP contribution < -0.4 is 0 Å². The maximum absolute atomic E-state index is 12.9. The number of hydrogen-bond acceptors (Lipinski definition) is 1. The lowest BCUT2D eigenvalue weighted by atomic mass is 10.1. The first kappa shape index (κ1) is 14.3. The van der Waals surface area contributed by atoms with Crippen LogP contribution in [0, 0.1) is 5.82 Å². The summed E-state index contributed by atoms with van der Waals surface area (Å²) in [7, 11) is 0. The quantitative estimate of drug-likeness (QED) is 0.597. The van der Waals surface area contributed by atoms with Crippen molar-refractivity contribution < 1.29 is 22.4 Å². The van der Waals surface area contributed by atoms with Gasteiger partial charge in [0, 0.05) is 24.3 Å². The molecule has 1 unspecified atom stereocenters. The zero-order valence-corrected chi connectivity index (χ0v) is 11.3. The van der Waals surface area contributed by atoms with Gasteiger partial charge in [0.05, 0.1) is 5.56 Å². The van der Waals surface area contributed by atoms with E-state index in [1.165, 1.54) is 4.90 Å². The van der Waals surface area contributed by atoms with Crippen LogP contribution in [0.25, 0.3) is 0 Å². The molecule has 1 saturated heterocycles. The molecule has 0 N–H and O–H groups in total. The molecule has 19 heavy (non-hydrogen) atoms. The molecule has 1 fully saturated rings. The van der Waals surface area contributed by atoms with E-state index in [0.29, 0.717) is 12.6 Å². The monoisotopic (exact) mass is 339 g/mol. The molecule has 1 amide bonds. The van der Waals surface area contributed by atoms with E-state index in [4.69, 9.17) is 0 Å². The highest BCUT2D eigenvalue weighted by Crippen LogP contribution is 2.33. The summed E-state index contributed by atoms with van der Waals surface area (Å²) in [5.74, 6) is -1.15. The van der Waals surface area contributed by atoms with Crippen LogP contribution in [0.15, 0.2) is 18.2 Å². The molecule has 1 aliphatic heterocycles. The second-order valence-corrected chi connectivity index (χ2v) is 5.67. The van der Waals surface area contributed by atoms with Crippen LogP contribution in [0.3, 0.4) is 0 Å². The summed E-state index contributed by atoms with van der Waals surface area (Å²) >= 11 is 3.26. The van der Waals surface area contributed by atoms with Crippen molar-refractivity contribution in [1.29, 1.82) is 0 Å². The minimum absolute atomic E-state index is 0.0465. The van der Waals surface area contributed by atoms with Gasteiger partial charge in [0.15, 0.2) is 0 Å². The number of carbonyl (C=O) groups is 1. The van der Waals surface area contributed by atoms with E-state index in [2.05, 4.69) is 15.9 Å². The maximum Gasteiger partial charge on any atom is 0.416 e. The van der Waals surface area contributed by atoms with Gasteiger partial charge in [0.2, 0.25) is 5.91 Å². The molecule has 1 heterocycles. The number of amides is 1. The molecule has 1 aromatic rings. The Morgan fingerprint density at radius 2 is 2.05 bits per heavy atom. The first-order valence-electron chi connectivity index (χ1n) is 5.55. The highest BCUT2D eigenvalue weighted by Gasteiger charge is 2.35. The molecular weight excluding hydrogens is 330 g/mol. The van der Waals surface area contributed by atoms with Crippen molar-refractivity contribution in [2.45, 2.75) is 24.0 Å². The molecule has 0 saturated carbocycles. The van der Waals surface area contributed by atoms with Crippen LogP contribution in [-0.2, 0) is 17.5 Å². The summed E-state index contributed by atoms with van der Waals surface area (Å²) in [6.45, 7) is 0.198. The van der Waals surface area contributed by atoms with Crippen molar-refractivity contribution in [3.05, 3.63) is 35.1 Å². The zero-order chi connectivity index (χ0) is 14.2. The van der Waals surface area contributed by atoms with Crippen LogP contribution in [0.4, 0.5) is 17.6 Å². The summed E-state index contributed by atoms with van der Waals surface area (Å²) in [5.41, 5.74) is -1.12. The Hall–Kier alpha value is -1.11. The molecule has 104 valence electrons. The van der Waals surface area contributed by atoms with Gasteiger partial charge in [-0.25, -0.2) is 4.39 Å². The van der Waals surface area contributed by atoms with Gasteiger partial charge in [-0.15, -0.1) is 0 Å². The third-order valence-electron chi connectivity index (χ3n) is 2.91. The topological polar surface area (TPSA) is 20.3 Å². The van der Waals surface area contributed by atoms with E-state index in [1.54, 1.807) is 0 Å². The van der Waals surface area contributed by atoms with Crippen LogP contribution in [0.2, 0.25) is 0 Å². The Labute approximate surface area is 115 Å². The Kier molecular flexibility index (Phi) is 3.85. The number of carbonyl (C=O) groups excluding carboxylic acids is 1. The normalized spacial score (nSPS) is 20.2. The fourth-order valence-electron chi connectivity index (χ4n) is 2.03. The van der Waals surface area contributed by atoms with Gasteiger partial charge >= 0.3 is 6.18 Å². The predicted molar refractivity (Wildman–Crippen MR) is 64.2 cm³/mol. The second kappa shape index (κ2) is 5.11. The van der Waals surface area contributed by atoms with Crippen molar-refractivity contribution in [1.82, 2.24) is 4.90 Å².